The van der Waals surface area contributed by atoms with Gasteiger partial charge < -0.3 is 9.15 Å². The molecule has 0 saturated carbocycles. The van der Waals surface area contributed by atoms with E-state index in [0.717, 1.165) is 24.2 Å². The molecule has 0 radical (unpaired) electrons. The molecule has 0 N–H and O–H groups in total. The minimum absolute atomic E-state index is 0.00360. The summed E-state index contributed by atoms with van der Waals surface area (Å²) in [5.74, 6) is -0.186. The number of ether oxygens (including phenoxy) is 1. The Hall–Kier alpha value is -1.78. The Kier molecular flexibility index (Phi) is 4.46. The zero-order chi connectivity index (χ0) is 16.4. The molecule has 0 bridgehead atoms. The molecule has 0 aliphatic carbocycles. The number of hydrogen-bond acceptors (Lipinski definition) is 8. The fourth-order valence-electron chi connectivity index (χ4n) is 2.31. The van der Waals surface area contributed by atoms with E-state index in [0.29, 0.717) is 19.0 Å². The van der Waals surface area contributed by atoms with Crippen molar-refractivity contribution in [2.24, 2.45) is 0 Å². The Bertz CT molecular complexity index is 805. The number of nitrogens with zero attached hydrogens (tertiary/aromatic N) is 3. The number of esters is 1. The summed E-state index contributed by atoms with van der Waals surface area (Å²) in [7, 11) is -3.66. The van der Waals surface area contributed by atoms with Gasteiger partial charge in [-0.25, -0.2) is 13.2 Å². The van der Waals surface area contributed by atoms with E-state index in [-0.39, 0.29) is 22.3 Å². The lowest BCUT2D eigenvalue weighted by atomic mass is 10.4. The number of sulfonamides is 1. The first-order valence-electron chi connectivity index (χ1n) is 7.02. The maximum atomic E-state index is 12.6. The number of carbonyl (C=O) groups is 1. The molecule has 3 heterocycles. The molecular weight excluding hydrogens is 342 g/mol. The second-order valence-electron chi connectivity index (χ2n) is 5.02. The van der Waals surface area contributed by atoms with Gasteiger partial charge in [-0.15, -0.1) is 21.5 Å². The lowest BCUT2D eigenvalue weighted by Gasteiger charge is -2.15. The predicted molar refractivity (Wildman–Crippen MR) is 80.5 cm³/mol. The fourth-order valence-corrected chi connectivity index (χ4v) is 5.11. The van der Waals surface area contributed by atoms with Crippen LogP contribution >= 0.6 is 11.3 Å². The summed E-state index contributed by atoms with van der Waals surface area (Å²) < 4.78 is 36.7. The van der Waals surface area contributed by atoms with Crippen LogP contribution in [0.2, 0.25) is 0 Å². The molecule has 1 saturated heterocycles. The van der Waals surface area contributed by atoms with E-state index in [1.165, 1.54) is 10.4 Å². The summed E-state index contributed by atoms with van der Waals surface area (Å²) in [6, 6.07) is 1.44. The van der Waals surface area contributed by atoms with E-state index >= 15 is 0 Å². The third-order valence-electron chi connectivity index (χ3n) is 3.39. The van der Waals surface area contributed by atoms with E-state index in [9.17, 15) is 13.2 Å². The average molecular weight is 357 g/mol. The smallest absolute Gasteiger partial charge is 0.350 e. The van der Waals surface area contributed by atoms with Crippen LogP contribution < -0.4 is 0 Å². The molecular formula is C13H15N3O5S2. The number of aryl methyl sites for hydroxylation is 1. The molecule has 2 aromatic heterocycles. The van der Waals surface area contributed by atoms with Crippen LogP contribution in [0.4, 0.5) is 0 Å². The zero-order valence-corrected chi connectivity index (χ0v) is 14.0. The summed E-state index contributed by atoms with van der Waals surface area (Å²) >= 11 is 1.04. The quantitative estimate of drug-likeness (QED) is 0.748. The van der Waals surface area contributed by atoms with E-state index in [2.05, 4.69) is 10.2 Å². The van der Waals surface area contributed by atoms with Crippen LogP contribution in [0.25, 0.3) is 0 Å². The largest absolute Gasteiger partial charge is 0.451 e. The standard InChI is InChI=1S/C13H15N3O5S2/c1-9-14-15-11(21-9)8-20-13(17)12-10(4-7-22-12)23(18,19)16-5-2-3-6-16/h4,7H,2-3,5-6,8H2,1H3. The second-order valence-corrected chi connectivity index (χ2v) is 7.84. The van der Waals surface area contributed by atoms with E-state index in [4.69, 9.17) is 9.15 Å². The van der Waals surface area contributed by atoms with Crippen molar-refractivity contribution >= 4 is 27.3 Å². The number of carbonyl (C=O) groups excluding carboxylic acids is 1. The van der Waals surface area contributed by atoms with Gasteiger partial charge in [0.1, 0.15) is 9.77 Å². The minimum atomic E-state index is -3.66. The van der Waals surface area contributed by atoms with Crippen LogP contribution in [0, 0.1) is 6.92 Å². The van der Waals surface area contributed by atoms with Crippen molar-refractivity contribution in [1.82, 2.24) is 14.5 Å². The molecule has 124 valence electrons. The Labute approximate surface area is 137 Å². The summed E-state index contributed by atoms with van der Waals surface area (Å²) in [6.45, 7) is 2.39. The van der Waals surface area contributed by atoms with Crippen LogP contribution in [-0.2, 0) is 21.4 Å². The first kappa shape index (κ1) is 16.1. The minimum Gasteiger partial charge on any atom is -0.451 e. The molecule has 0 atom stereocenters. The highest BCUT2D eigenvalue weighted by Crippen LogP contribution is 2.28. The van der Waals surface area contributed by atoms with E-state index < -0.39 is 16.0 Å². The van der Waals surface area contributed by atoms with Gasteiger partial charge in [0.25, 0.3) is 5.89 Å². The third kappa shape index (κ3) is 3.28. The first-order chi connectivity index (χ1) is 11.0. The highest BCUT2D eigenvalue weighted by atomic mass is 32.2. The average Bonchev–Trinajstić information content (AvgIpc) is 3.25. The molecule has 2 aromatic rings. The summed E-state index contributed by atoms with van der Waals surface area (Å²) in [6.07, 6.45) is 1.67. The van der Waals surface area contributed by atoms with E-state index in [1.807, 2.05) is 0 Å². The monoisotopic (exact) mass is 357 g/mol. The van der Waals surface area contributed by atoms with Crippen molar-refractivity contribution in [2.45, 2.75) is 31.3 Å². The molecule has 1 fully saturated rings. The molecule has 0 spiro atoms. The third-order valence-corrected chi connectivity index (χ3v) is 6.36. The van der Waals surface area contributed by atoms with Gasteiger partial charge in [-0.05, 0) is 24.3 Å². The van der Waals surface area contributed by atoms with Gasteiger partial charge in [0.15, 0.2) is 6.61 Å². The number of rotatable bonds is 5. The van der Waals surface area contributed by atoms with Crippen molar-refractivity contribution in [3.63, 3.8) is 0 Å². The summed E-state index contributed by atoms with van der Waals surface area (Å²) in [4.78, 5) is 12.2. The lowest BCUT2D eigenvalue weighted by molar-refractivity contribution is 0.0438. The SMILES string of the molecule is Cc1nnc(COC(=O)c2sccc2S(=O)(=O)N2CCCC2)o1. The molecule has 1 aliphatic rings. The summed E-state index contributed by atoms with van der Waals surface area (Å²) in [5, 5.41) is 8.91. The fraction of sp³-hybridized carbons (Fsp3) is 0.462. The van der Waals surface area contributed by atoms with Crippen LogP contribution in [-0.4, -0.2) is 42.0 Å². The summed E-state index contributed by atoms with van der Waals surface area (Å²) in [5.41, 5.74) is 0. The Balaban J connectivity index is 1.76. The van der Waals surface area contributed by atoms with Gasteiger partial charge in [0, 0.05) is 20.0 Å². The Morgan fingerprint density at radius 2 is 2.13 bits per heavy atom. The van der Waals surface area contributed by atoms with Crippen molar-refractivity contribution in [1.29, 1.82) is 0 Å². The zero-order valence-electron chi connectivity index (χ0n) is 12.4. The molecule has 0 aromatic carbocycles. The molecule has 10 heteroatoms. The molecule has 0 amide bonds. The van der Waals surface area contributed by atoms with Gasteiger partial charge in [-0.3, -0.25) is 0 Å². The number of aromatic nitrogens is 2. The number of hydrogen-bond donors (Lipinski definition) is 0. The highest BCUT2D eigenvalue weighted by Gasteiger charge is 2.32. The van der Waals surface area contributed by atoms with Crippen molar-refractivity contribution in [3.05, 3.63) is 28.1 Å². The van der Waals surface area contributed by atoms with Crippen LogP contribution in [0.5, 0.6) is 0 Å². The van der Waals surface area contributed by atoms with Crippen LogP contribution in [0.15, 0.2) is 20.8 Å². The van der Waals surface area contributed by atoms with Gasteiger partial charge in [0.05, 0.1) is 0 Å². The van der Waals surface area contributed by atoms with Gasteiger partial charge >= 0.3 is 5.97 Å². The van der Waals surface area contributed by atoms with Crippen LogP contribution in [0.3, 0.4) is 0 Å². The van der Waals surface area contributed by atoms with Crippen molar-refractivity contribution in [2.75, 3.05) is 13.1 Å². The maximum absolute atomic E-state index is 12.6. The highest BCUT2D eigenvalue weighted by molar-refractivity contribution is 7.89. The Morgan fingerprint density at radius 1 is 1.39 bits per heavy atom. The predicted octanol–water partition coefficient (Wildman–Crippen LogP) is 1.58. The van der Waals surface area contributed by atoms with Crippen molar-refractivity contribution in [3.8, 4) is 0 Å². The molecule has 23 heavy (non-hydrogen) atoms. The maximum Gasteiger partial charge on any atom is 0.350 e. The van der Waals surface area contributed by atoms with Crippen molar-refractivity contribution < 1.29 is 22.4 Å². The number of thiophene rings is 1. The van der Waals surface area contributed by atoms with Gasteiger partial charge in [-0.2, -0.15) is 4.31 Å². The van der Waals surface area contributed by atoms with E-state index in [1.54, 1.807) is 12.3 Å². The van der Waals surface area contributed by atoms with Gasteiger partial charge in [0.2, 0.25) is 15.9 Å². The Morgan fingerprint density at radius 3 is 2.78 bits per heavy atom. The van der Waals surface area contributed by atoms with Crippen LogP contribution in [0.1, 0.15) is 34.3 Å². The second kappa shape index (κ2) is 6.38. The topological polar surface area (TPSA) is 103 Å². The molecule has 3 rings (SSSR count). The molecule has 0 unspecified atom stereocenters. The normalized spacial score (nSPS) is 15.9. The molecule has 8 nitrogen and oxygen atoms in total. The van der Waals surface area contributed by atoms with Gasteiger partial charge in [-0.1, -0.05) is 0 Å². The molecule has 1 aliphatic heterocycles. The lowest BCUT2D eigenvalue weighted by Crippen LogP contribution is -2.28. The first-order valence-corrected chi connectivity index (χ1v) is 9.34.